The highest BCUT2D eigenvalue weighted by atomic mass is 31.2. The summed E-state index contributed by atoms with van der Waals surface area (Å²) in [7, 11) is -8.21. The molecule has 0 aromatic carbocycles. The monoisotopic (exact) mass is 442 g/mol. The number of carboxylic acids is 2. The fraction of sp³-hybridized carbons (Fsp3) is 0.818. The quantitative estimate of drug-likeness (QED) is 0.143. The highest BCUT2D eigenvalue weighted by Gasteiger charge is 2.19. The van der Waals surface area contributed by atoms with Crippen LogP contribution in [0.1, 0.15) is 19.8 Å². The number of rotatable bonds is 8. The van der Waals surface area contributed by atoms with E-state index in [1.54, 1.807) is 0 Å². The fourth-order valence-corrected chi connectivity index (χ4v) is 2.19. The van der Waals surface area contributed by atoms with Gasteiger partial charge in [-0.05, 0) is 19.8 Å². The fourth-order valence-electron chi connectivity index (χ4n) is 0.958. The molecule has 0 bridgehead atoms. The molecule has 0 amide bonds. The SMILES string of the molecule is CC1CO1.NC(CCP(=O)(O)O)C(=O)O.NC(CCP(=O)(O)O)C(=O)O.O. The van der Waals surface area contributed by atoms with Gasteiger partial charge in [-0.15, -0.1) is 0 Å². The van der Waals surface area contributed by atoms with E-state index in [2.05, 4.69) is 6.92 Å². The maximum atomic E-state index is 10.2. The Bertz CT molecular complexity index is 487. The molecule has 1 rings (SSSR count). The van der Waals surface area contributed by atoms with Crippen molar-refractivity contribution in [2.75, 3.05) is 18.9 Å². The maximum absolute atomic E-state index is 10.2. The van der Waals surface area contributed by atoms with Gasteiger partial charge in [0.25, 0.3) is 0 Å². The van der Waals surface area contributed by atoms with Gasteiger partial charge in [0.1, 0.15) is 12.1 Å². The van der Waals surface area contributed by atoms with Crippen LogP contribution in [0.2, 0.25) is 0 Å². The lowest BCUT2D eigenvalue weighted by molar-refractivity contribution is -0.139. The minimum absolute atomic E-state index is 0. The molecule has 0 aromatic rings. The molecule has 1 aliphatic heterocycles. The van der Waals surface area contributed by atoms with E-state index in [4.69, 9.17) is 46.0 Å². The van der Waals surface area contributed by atoms with Gasteiger partial charge in [0, 0.05) is 0 Å². The van der Waals surface area contributed by atoms with Crippen molar-refractivity contribution in [2.24, 2.45) is 11.5 Å². The van der Waals surface area contributed by atoms with Crippen LogP contribution in [-0.2, 0) is 23.5 Å². The molecule has 27 heavy (non-hydrogen) atoms. The summed E-state index contributed by atoms with van der Waals surface area (Å²) < 4.78 is 25.1. The lowest BCUT2D eigenvalue weighted by atomic mass is 10.2. The zero-order chi connectivity index (χ0) is 21.1. The Balaban J connectivity index is -0.000000342. The van der Waals surface area contributed by atoms with Gasteiger partial charge in [0.15, 0.2) is 0 Å². The van der Waals surface area contributed by atoms with Gasteiger partial charge >= 0.3 is 27.1 Å². The molecule has 16 heteroatoms. The molecular formula is C11H28N2O12P2. The van der Waals surface area contributed by atoms with Crippen LogP contribution >= 0.6 is 15.2 Å². The smallest absolute Gasteiger partial charge is 0.325 e. The van der Waals surface area contributed by atoms with Crippen molar-refractivity contribution in [3.63, 3.8) is 0 Å². The van der Waals surface area contributed by atoms with Gasteiger partial charge in [-0.1, -0.05) is 0 Å². The average Bonchev–Trinajstić information content (AvgIpc) is 3.24. The first-order valence-electron chi connectivity index (χ1n) is 7.22. The summed E-state index contributed by atoms with van der Waals surface area (Å²) in [6, 6.07) is -2.38. The summed E-state index contributed by atoms with van der Waals surface area (Å²) in [4.78, 5) is 53.3. The van der Waals surface area contributed by atoms with Gasteiger partial charge in [-0.3, -0.25) is 18.7 Å². The van der Waals surface area contributed by atoms with Crippen LogP contribution in [-0.4, -0.2) is 84.3 Å². The molecule has 3 atom stereocenters. The van der Waals surface area contributed by atoms with Crippen molar-refractivity contribution in [1.29, 1.82) is 0 Å². The van der Waals surface area contributed by atoms with Crippen LogP contribution in [0.25, 0.3) is 0 Å². The van der Waals surface area contributed by atoms with Crippen LogP contribution in [0.3, 0.4) is 0 Å². The van der Waals surface area contributed by atoms with Gasteiger partial charge in [-0.25, -0.2) is 0 Å². The Morgan fingerprint density at radius 1 is 0.963 bits per heavy atom. The third kappa shape index (κ3) is 27.4. The number of ether oxygens (including phenoxy) is 1. The lowest BCUT2D eigenvalue weighted by Gasteiger charge is -2.06. The highest BCUT2D eigenvalue weighted by Crippen LogP contribution is 2.35. The molecule has 1 aliphatic rings. The average molecular weight is 442 g/mol. The summed E-state index contributed by atoms with van der Waals surface area (Å²) in [6.45, 7) is 3.04. The molecule has 14 nitrogen and oxygen atoms in total. The van der Waals surface area contributed by atoms with Crippen LogP contribution < -0.4 is 11.5 Å². The molecule has 1 heterocycles. The minimum Gasteiger partial charge on any atom is -0.480 e. The number of carboxylic acid groups (broad SMARTS) is 2. The number of hydrogen-bond donors (Lipinski definition) is 8. The predicted molar refractivity (Wildman–Crippen MR) is 93.3 cm³/mol. The van der Waals surface area contributed by atoms with E-state index in [0.717, 1.165) is 6.61 Å². The maximum Gasteiger partial charge on any atom is 0.325 e. The van der Waals surface area contributed by atoms with Crippen LogP contribution in [0.15, 0.2) is 0 Å². The third-order valence-electron chi connectivity index (χ3n) is 2.60. The van der Waals surface area contributed by atoms with Crippen molar-refractivity contribution < 1.29 is 58.7 Å². The van der Waals surface area contributed by atoms with Gasteiger partial charge in [-0.2, -0.15) is 0 Å². The van der Waals surface area contributed by atoms with E-state index >= 15 is 0 Å². The van der Waals surface area contributed by atoms with Crippen molar-refractivity contribution >= 4 is 27.1 Å². The summed E-state index contributed by atoms with van der Waals surface area (Å²) >= 11 is 0. The first-order chi connectivity index (χ1) is 11.5. The highest BCUT2D eigenvalue weighted by molar-refractivity contribution is 7.52. The first-order valence-corrected chi connectivity index (χ1v) is 10.8. The molecule has 3 unspecified atom stereocenters. The Hall–Kier alpha value is -0.920. The van der Waals surface area contributed by atoms with Crippen molar-refractivity contribution in [2.45, 2.75) is 38.0 Å². The number of hydrogen-bond acceptors (Lipinski definition) is 7. The van der Waals surface area contributed by atoms with Crippen LogP contribution in [0.5, 0.6) is 0 Å². The molecule has 0 aliphatic carbocycles. The third-order valence-corrected chi connectivity index (χ3v) is 4.28. The second-order valence-corrected chi connectivity index (χ2v) is 8.94. The van der Waals surface area contributed by atoms with Gasteiger partial charge in [0.05, 0.1) is 25.0 Å². The molecule has 0 aromatic heterocycles. The lowest BCUT2D eigenvalue weighted by Crippen LogP contribution is -2.30. The molecule has 1 fully saturated rings. The second-order valence-electron chi connectivity index (χ2n) is 5.39. The molecule has 164 valence electrons. The Labute approximate surface area is 155 Å². The van der Waals surface area contributed by atoms with E-state index in [-0.39, 0.29) is 18.3 Å². The summed E-state index contributed by atoms with van der Waals surface area (Å²) in [5.41, 5.74) is 9.96. The summed E-state index contributed by atoms with van der Waals surface area (Å²) in [5, 5.41) is 16.4. The largest absolute Gasteiger partial charge is 0.480 e. The molecule has 0 saturated carbocycles. The van der Waals surface area contributed by atoms with E-state index < -0.39 is 51.5 Å². The van der Waals surface area contributed by atoms with E-state index in [0.29, 0.717) is 6.10 Å². The molecular weight excluding hydrogens is 414 g/mol. The van der Waals surface area contributed by atoms with Crippen LogP contribution in [0.4, 0.5) is 0 Å². The van der Waals surface area contributed by atoms with Gasteiger partial charge < -0.3 is 51.5 Å². The topological polar surface area (TPSA) is 286 Å². The van der Waals surface area contributed by atoms with Gasteiger partial charge in [0.2, 0.25) is 0 Å². The van der Waals surface area contributed by atoms with E-state index in [9.17, 15) is 18.7 Å². The summed E-state index contributed by atoms with van der Waals surface area (Å²) in [5.74, 6) is -2.50. The Kier molecular flexibility index (Phi) is 16.1. The first kappa shape index (κ1) is 30.8. The number of epoxide rings is 1. The van der Waals surface area contributed by atoms with Crippen molar-refractivity contribution in [3.05, 3.63) is 0 Å². The molecule has 0 radical (unpaired) electrons. The second kappa shape index (κ2) is 14.1. The zero-order valence-electron chi connectivity index (χ0n) is 14.5. The van der Waals surface area contributed by atoms with Crippen LogP contribution in [0, 0.1) is 0 Å². The Morgan fingerprint density at radius 2 is 1.19 bits per heavy atom. The molecule has 0 spiro atoms. The predicted octanol–water partition coefficient (Wildman–Crippen LogP) is -2.49. The standard InChI is InChI=1S/2C4H10NO5P.C3H6O.H2O/c2*5-3(4(6)7)1-2-11(8,9)10;1-3-2-4-3;/h2*3H,1-2,5H2,(H,6,7)(H2,8,9,10);3H,2H2,1H3;1H2. The minimum atomic E-state index is -4.10. The number of nitrogens with two attached hydrogens (primary N) is 2. The Morgan fingerprint density at radius 3 is 1.30 bits per heavy atom. The molecule has 12 N–H and O–H groups in total. The van der Waals surface area contributed by atoms with Crippen molar-refractivity contribution in [1.82, 2.24) is 0 Å². The number of carbonyl (C=O) groups is 2. The summed E-state index contributed by atoms with van der Waals surface area (Å²) in [6.07, 6.45) is -0.805. The molecule has 1 saturated heterocycles. The normalized spacial score (nSPS) is 17.7. The van der Waals surface area contributed by atoms with E-state index in [1.165, 1.54) is 0 Å². The number of aliphatic carboxylic acids is 2. The zero-order valence-corrected chi connectivity index (χ0v) is 16.3. The van der Waals surface area contributed by atoms with Crippen molar-refractivity contribution in [3.8, 4) is 0 Å². The van der Waals surface area contributed by atoms with E-state index in [1.807, 2.05) is 0 Å².